The maximum Gasteiger partial charge on any atom is 0.186 e. The summed E-state index contributed by atoms with van der Waals surface area (Å²) in [5.41, 5.74) is 0.825. The zero-order valence-corrected chi connectivity index (χ0v) is 7.90. The molecule has 0 unspecified atom stereocenters. The summed E-state index contributed by atoms with van der Waals surface area (Å²) in [5.74, 6) is 0.514. The standard InChI is InChI=1S/C11H9NO3/c13-7-8-3-4-10(12-8)11(14)6-9-2-1-5-15-9/h1-5,7,12H,6H2. The summed E-state index contributed by atoms with van der Waals surface area (Å²) in [6.45, 7) is 0. The summed E-state index contributed by atoms with van der Waals surface area (Å²) in [7, 11) is 0. The van der Waals surface area contributed by atoms with Crippen molar-refractivity contribution in [2.75, 3.05) is 0 Å². The number of rotatable bonds is 4. The van der Waals surface area contributed by atoms with Gasteiger partial charge in [0.05, 0.1) is 24.1 Å². The van der Waals surface area contributed by atoms with Crippen molar-refractivity contribution in [2.45, 2.75) is 6.42 Å². The van der Waals surface area contributed by atoms with Gasteiger partial charge in [0.2, 0.25) is 0 Å². The Morgan fingerprint density at radius 1 is 1.40 bits per heavy atom. The number of carbonyl (C=O) groups excluding carboxylic acids is 2. The number of ketones is 1. The Morgan fingerprint density at radius 2 is 2.27 bits per heavy atom. The van der Waals surface area contributed by atoms with Crippen molar-refractivity contribution < 1.29 is 14.0 Å². The second kappa shape index (κ2) is 3.96. The van der Waals surface area contributed by atoms with Crippen LogP contribution in [-0.2, 0) is 6.42 Å². The van der Waals surface area contributed by atoms with E-state index in [0.717, 1.165) is 0 Å². The van der Waals surface area contributed by atoms with Gasteiger partial charge in [-0.05, 0) is 24.3 Å². The van der Waals surface area contributed by atoms with E-state index >= 15 is 0 Å². The van der Waals surface area contributed by atoms with Gasteiger partial charge in [-0.1, -0.05) is 0 Å². The van der Waals surface area contributed by atoms with Crippen LogP contribution in [0.15, 0.2) is 34.9 Å². The van der Waals surface area contributed by atoms with Gasteiger partial charge in [0.15, 0.2) is 12.1 Å². The molecule has 2 heterocycles. The molecule has 0 amide bonds. The third-order valence-corrected chi connectivity index (χ3v) is 2.05. The van der Waals surface area contributed by atoms with Crippen LogP contribution in [0.1, 0.15) is 26.7 Å². The summed E-state index contributed by atoms with van der Waals surface area (Å²) < 4.78 is 5.05. The zero-order chi connectivity index (χ0) is 10.7. The molecule has 0 radical (unpaired) electrons. The van der Waals surface area contributed by atoms with E-state index in [0.29, 0.717) is 23.4 Å². The SMILES string of the molecule is O=Cc1ccc(C(=O)Cc2ccco2)[nH]1. The molecule has 0 aromatic carbocycles. The van der Waals surface area contributed by atoms with E-state index in [1.807, 2.05) is 0 Å². The highest BCUT2D eigenvalue weighted by Gasteiger charge is 2.10. The molecule has 0 aliphatic carbocycles. The second-order valence-corrected chi connectivity index (χ2v) is 3.12. The van der Waals surface area contributed by atoms with Crippen molar-refractivity contribution in [1.29, 1.82) is 0 Å². The van der Waals surface area contributed by atoms with E-state index in [2.05, 4.69) is 4.98 Å². The molecule has 0 saturated heterocycles. The average molecular weight is 203 g/mol. The number of hydrogen-bond donors (Lipinski definition) is 1. The van der Waals surface area contributed by atoms with Crippen LogP contribution in [0.2, 0.25) is 0 Å². The van der Waals surface area contributed by atoms with Crippen LogP contribution in [0, 0.1) is 0 Å². The predicted octanol–water partition coefficient (Wildman–Crippen LogP) is 1.85. The van der Waals surface area contributed by atoms with E-state index in [9.17, 15) is 9.59 Å². The molecule has 0 atom stereocenters. The van der Waals surface area contributed by atoms with Crippen LogP contribution in [0.4, 0.5) is 0 Å². The van der Waals surface area contributed by atoms with E-state index in [-0.39, 0.29) is 12.2 Å². The molecule has 4 heteroatoms. The molecule has 2 aromatic heterocycles. The Hall–Kier alpha value is -2.10. The Bertz CT molecular complexity index is 468. The Balaban J connectivity index is 2.11. The first-order chi connectivity index (χ1) is 7.29. The quantitative estimate of drug-likeness (QED) is 0.609. The van der Waals surface area contributed by atoms with Crippen LogP contribution >= 0.6 is 0 Å². The predicted molar refractivity (Wildman–Crippen MR) is 52.9 cm³/mol. The van der Waals surface area contributed by atoms with Crippen LogP contribution in [0.3, 0.4) is 0 Å². The highest BCUT2D eigenvalue weighted by atomic mass is 16.3. The van der Waals surface area contributed by atoms with Gasteiger partial charge < -0.3 is 9.40 Å². The molecular formula is C11H9NO3. The lowest BCUT2D eigenvalue weighted by atomic mass is 10.2. The fraction of sp³-hybridized carbons (Fsp3) is 0.0909. The number of aromatic amines is 1. The van der Waals surface area contributed by atoms with Crippen molar-refractivity contribution in [3.05, 3.63) is 47.7 Å². The number of furan rings is 1. The molecule has 0 saturated carbocycles. The second-order valence-electron chi connectivity index (χ2n) is 3.12. The summed E-state index contributed by atoms with van der Waals surface area (Å²) in [6, 6.07) is 6.63. The van der Waals surface area contributed by atoms with Gasteiger partial charge in [0.25, 0.3) is 0 Å². The Morgan fingerprint density at radius 3 is 2.87 bits per heavy atom. The highest BCUT2D eigenvalue weighted by Crippen LogP contribution is 2.07. The lowest BCUT2D eigenvalue weighted by molar-refractivity contribution is 0.0983. The van der Waals surface area contributed by atoms with Crippen LogP contribution < -0.4 is 0 Å². The van der Waals surface area contributed by atoms with Crippen molar-refractivity contribution in [2.24, 2.45) is 0 Å². The fourth-order valence-electron chi connectivity index (χ4n) is 1.31. The number of aldehydes is 1. The Labute approximate surface area is 85.9 Å². The molecule has 2 rings (SSSR count). The largest absolute Gasteiger partial charge is 0.469 e. The lowest BCUT2D eigenvalue weighted by Crippen LogP contribution is -2.03. The molecule has 15 heavy (non-hydrogen) atoms. The number of aromatic nitrogens is 1. The van der Waals surface area contributed by atoms with E-state index < -0.39 is 0 Å². The van der Waals surface area contributed by atoms with Crippen molar-refractivity contribution in [1.82, 2.24) is 4.98 Å². The maximum atomic E-state index is 11.6. The topological polar surface area (TPSA) is 63.1 Å². The Kier molecular flexibility index (Phi) is 2.49. The third kappa shape index (κ3) is 2.04. The molecular weight excluding hydrogens is 194 g/mol. The normalized spacial score (nSPS) is 10.1. The molecule has 0 aliphatic rings. The summed E-state index contributed by atoms with van der Waals surface area (Å²) in [4.78, 5) is 24.7. The highest BCUT2D eigenvalue weighted by molar-refractivity contribution is 5.96. The van der Waals surface area contributed by atoms with Gasteiger partial charge in [0, 0.05) is 0 Å². The van der Waals surface area contributed by atoms with E-state index in [1.165, 1.54) is 6.26 Å². The number of carbonyl (C=O) groups is 2. The van der Waals surface area contributed by atoms with Gasteiger partial charge >= 0.3 is 0 Å². The number of Topliss-reactive ketones (excluding diaryl/α,β-unsaturated/α-hetero) is 1. The molecule has 1 N–H and O–H groups in total. The molecule has 2 aromatic rings. The maximum absolute atomic E-state index is 11.6. The molecule has 76 valence electrons. The van der Waals surface area contributed by atoms with Crippen molar-refractivity contribution >= 4 is 12.1 Å². The van der Waals surface area contributed by atoms with Crippen LogP contribution in [0.5, 0.6) is 0 Å². The number of H-pyrrole nitrogens is 1. The number of nitrogens with one attached hydrogen (secondary N) is 1. The molecule has 0 bridgehead atoms. The van der Waals surface area contributed by atoms with Gasteiger partial charge in [-0.25, -0.2) is 0 Å². The first-order valence-corrected chi connectivity index (χ1v) is 4.49. The third-order valence-electron chi connectivity index (χ3n) is 2.05. The van der Waals surface area contributed by atoms with E-state index in [1.54, 1.807) is 24.3 Å². The lowest BCUT2D eigenvalue weighted by Gasteiger charge is -1.94. The van der Waals surface area contributed by atoms with Crippen molar-refractivity contribution in [3.8, 4) is 0 Å². The first-order valence-electron chi connectivity index (χ1n) is 4.49. The summed E-state index contributed by atoms with van der Waals surface area (Å²) in [6.07, 6.45) is 2.39. The van der Waals surface area contributed by atoms with Gasteiger partial charge in [-0.15, -0.1) is 0 Å². The fourth-order valence-corrected chi connectivity index (χ4v) is 1.31. The van der Waals surface area contributed by atoms with Crippen LogP contribution in [-0.4, -0.2) is 17.1 Å². The minimum absolute atomic E-state index is 0.0990. The van der Waals surface area contributed by atoms with Gasteiger partial charge in [0.1, 0.15) is 5.76 Å². The molecule has 0 aliphatic heterocycles. The minimum Gasteiger partial charge on any atom is -0.469 e. The molecule has 4 nitrogen and oxygen atoms in total. The smallest absolute Gasteiger partial charge is 0.186 e. The summed E-state index contributed by atoms with van der Waals surface area (Å²) >= 11 is 0. The van der Waals surface area contributed by atoms with Crippen LogP contribution in [0.25, 0.3) is 0 Å². The van der Waals surface area contributed by atoms with Gasteiger partial charge in [-0.3, -0.25) is 9.59 Å². The van der Waals surface area contributed by atoms with E-state index in [4.69, 9.17) is 4.42 Å². The average Bonchev–Trinajstić information content (AvgIpc) is 2.86. The van der Waals surface area contributed by atoms with Gasteiger partial charge in [-0.2, -0.15) is 0 Å². The number of hydrogen-bond acceptors (Lipinski definition) is 3. The zero-order valence-electron chi connectivity index (χ0n) is 7.90. The van der Waals surface area contributed by atoms with Crippen molar-refractivity contribution in [3.63, 3.8) is 0 Å². The molecule has 0 fully saturated rings. The molecule has 0 spiro atoms. The monoisotopic (exact) mass is 203 g/mol. The minimum atomic E-state index is -0.0990. The summed E-state index contributed by atoms with van der Waals surface area (Å²) in [5, 5.41) is 0. The first kappa shape index (κ1) is 9.45.